The van der Waals surface area contributed by atoms with Crippen molar-refractivity contribution in [1.29, 1.82) is 0 Å². The normalized spacial score (nSPS) is 10.8. The van der Waals surface area contributed by atoms with Crippen LogP contribution in [-0.2, 0) is 0 Å². The van der Waals surface area contributed by atoms with Crippen molar-refractivity contribution in [2.24, 2.45) is 0 Å². The van der Waals surface area contributed by atoms with Crippen molar-refractivity contribution in [2.75, 3.05) is 7.11 Å². The third-order valence-electron chi connectivity index (χ3n) is 3.19. The number of ether oxygens (including phenoxy) is 1. The van der Waals surface area contributed by atoms with Crippen molar-refractivity contribution in [3.05, 3.63) is 52.8 Å². The topological polar surface area (TPSA) is 63.8 Å². The summed E-state index contributed by atoms with van der Waals surface area (Å²) in [4.78, 5) is 15.6. The number of methoxy groups -OCH3 is 1. The van der Waals surface area contributed by atoms with E-state index in [1.165, 1.54) is 0 Å². The highest BCUT2D eigenvalue weighted by Crippen LogP contribution is 2.32. The molecule has 0 radical (unpaired) electrons. The molecule has 2 heterocycles. The van der Waals surface area contributed by atoms with Gasteiger partial charge in [0.1, 0.15) is 16.2 Å². The summed E-state index contributed by atoms with van der Waals surface area (Å²) in [7, 11) is 1.59. The van der Waals surface area contributed by atoms with Gasteiger partial charge in [-0.2, -0.15) is 0 Å². The van der Waals surface area contributed by atoms with Crippen LogP contribution in [0.3, 0.4) is 0 Å². The molecule has 6 heteroatoms. The van der Waals surface area contributed by atoms with E-state index in [4.69, 9.17) is 9.84 Å². The lowest BCUT2D eigenvalue weighted by molar-refractivity contribution is 0.0696. The number of hydrogen-bond acceptors (Lipinski definition) is 3. The van der Waals surface area contributed by atoms with E-state index in [0.717, 1.165) is 11.1 Å². The molecule has 0 bridgehead atoms. The number of carboxylic acids is 1. The predicted octanol–water partition coefficient (Wildman–Crippen LogP) is 3.47. The molecule has 0 aliphatic carbocycles. The van der Waals surface area contributed by atoms with Gasteiger partial charge in [-0.15, -0.1) is 0 Å². The fourth-order valence-electron chi connectivity index (χ4n) is 2.19. The smallest absolute Gasteiger partial charge is 0.337 e. The van der Waals surface area contributed by atoms with Gasteiger partial charge in [0.2, 0.25) is 0 Å². The van der Waals surface area contributed by atoms with Crippen LogP contribution >= 0.6 is 15.9 Å². The van der Waals surface area contributed by atoms with Gasteiger partial charge in [0, 0.05) is 6.20 Å². The van der Waals surface area contributed by atoms with Crippen molar-refractivity contribution in [2.45, 2.75) is 0 Å². The van der Waals surface area contributed by atoms with E-state index in [1.807, 2.05) is 24.3 Å². The van der Waals surface area contributed by atoms with Crippen LogP contribution in [0.4, 0.5) is 0 Å². The molecule has 0 saturated heterocycles. The van der Waals surface area contributed by atoms with Gasteiger partial charge in [-0.05, 0) is 40.2 Å². The van der Waals surface area contributed by atoms with Crippen molar-refractivity contribution in [3.63, 3.8) is 0 Å². The number of benzene rings is 1. The van der Waals surface area contributed by atoms with E-state index in [0.29, 0.717) is 16.2 Å². The SMILES string of the molecule is COc1ccccc1-c1nc(Br)c2ccc(C(=O)O)cn12. The minimum Gasteiger partial charge on any atom is -0.496 e. The van der Waals surface area contributed by atoms with Crippen LogP contribution in [-0.4, -0.2) is 27.6 Å². The molecular formula is C15H11BrN2O3. The summed E-state index contributed by atoms with van der Waals surface area (Å²) in [5.41, 5.74) is 1.78. The average Bonchev–Trinajstić information content (AvgIpc) is 2.83. The third-order valence-corrected chi connectivity index (χ3v) is 3.77. The summed E-state index contributed by atoms with van der Waals surface area (Å²) in [6.07, 6.45) is 1.55. The highest BCUT2D eigenvalue weighted by atomic mass is 79.9. The Balaban J connectivity index is 2.32. The number of carboxylic acid groups (broad SMARTS) is 1. The fourth-order valence-corrected chi connectivity index (χ4v) is 2.69. The Kier molecular flexibility index (Phi) is 3.39. The molecule has 0 spiro atoms. The van der Waals surface area contributed by atoms with Gasteiger partial charge in [0.25, 0.3) is 0 Å². The number of nitrogens with zero attached hydrogens (tertiary/aromatic N) is 2. The molecule has 1 N–H and O–H groups in total. The zero-order valence-corrected chi connectivity index (χ0v) is 12.7. The third kappa shape index (κ3) is 2.27. The lowest BCUT2D eigenvalue weighted by Gasteiger charge is -2.07. The second-order valence-electron chi connectivity index (χ2n) is 4.40. The summed E-state index contributed by atoms with van der Waals surface area (Å²) in [5.74, 6) is 0.322. The second kappa shape index (κ2) is 5.21. The minimum atomic E-state index is -0.979. The van der Waals surface area contributed by atoms with Crippen molar-refractivity contribution in [1.82, 2.24) is 9.38 Å². The largest absolute Gasteiger partial charge is 0.496 e. The Hall–Kier alpha value is -2.34. The van der Waals surface area contributed by atoms with Crippen LogP contribution in [0.25, 0.3) is 16.9 Å². The lowest BCUT2D eigenvalue weighted by Crippen LogP contribution is -2.00. The Bertz CT molecular complexity index is 842. The van der Waals surface area contributed by atoms with Gasteiger partial charge < -0.3 is 9.84 Å². The number of halogens is 1. The Labute approximate surface area is 128 Å². The number of fused-ring (bicyclic) bond motifs is 1. The van der Waals surface area contributed by atoms with E-state index in [-0.39, 0.29) is 5.56 Å². The van der Waals surface area contributed by atoms with Crippen LogP contribution in [0, 0.1) is 0 Å². The first-order valence-electron chi connectivity index (χ1n) is 6.16. The molecule has 0 aliphatic heterocycles. The molecule has 3 aromatic rings. The molecule has 2 aromatic heterocycles. The summed E-state index contributed by atoms with van der Waals surface area (Å²) in [5, 5.41) is 9.14. The Morgan fingerprint density at radius 2 is 2.05 bits per heavy atom. The number of hydrogen-bond donors (Lipinski definition) is 1. The standard InChI is InChI=1S/C15H11BrN2O3/c1-21-12-5-3-2-4-10(12)14-17-13(16)11-7-6-9(15(19)20)8-18(11)14/h2-8H,1H3,(H,19,20). The van der Waals surface area contributed by atoms with Crippen LogP contribution in [0.5, 0.6) is 5.75 Å². The first kappa shape index (κ1) is 13.6. The van der Waals surface area contributed by atoms with Gasteiger partial charge in [0.05, 0.1) is 23.8 Å². The van der Waals surface area contributed by atoms with E-state index >= 15 is 0 Å². The Morgan fingerprint density at radius 1 is 1.29 bits per heavy atom. The summed E-state index contributed by atoms with van der Waals surface area (Å²) < 4.78 is 7.75. The highest BCUT2D eigenvalue weighted by Gasteiger charge is 2.16. The van der Waals surface area contributed by atoms with Crippen LogP contribution in [0.2, 0.25) is 0 Å². The number of carbonyl (C=O) groups is 1. The van der Waals surface area contributed by atoms with E-state index in [9.17, 15) is 4.79 Å². The zero-order chi connectivity index (χ0) is 15.0. The number of rotatable bonds is 3. The molecule has 3 rings (SSSR count). The Morgan fingerprint density at radius 3 is 2.76 bits per heavy atom. The first-order valence-corrected chi connectivity index (χ1v) is 6.95. The van der Waals surface area contributed by atoms with Gasteiger partial charge in [-0.25, -0.2) is 9.78 Å². The molecule has 0 unspecified atom stereocenters. The summed E-state index contributed by atoms with van der Waals surface area (Å²) >= 11 is 3.40. The van der Waals surface area contributed by atoms with Crippen molar-refractivity contribution in [3.8, 4) is 17.1 Å². The quantitative estimate of drug-likeness (QED) is 0.788. The molecule has 106 valence electrons. The maximum atomic E-state index is 11.2. The number of para-hydroxylation sites is 1. The average molecular weight is 347 g/mol. The van der Waals surface area contributed by atoms with E-state index in [1.54, 1.807) is 29.8 Å². The molecule has 1 aromatic carbocycles. The molecule has 21 heavy (non-hydrogen) atoms. The van der Waals surface area contributed by atoms with Gasteiger partial charge >= 0.3 is 5.97 Å². The number of aromatic nitrogens is 2. The minimum absolute atomic E-state index is 0.198. The van der Waals surface area contributed by atoms with Gasteiger partial charge in [-0.1, -0.05) is 12.1 Å². The highest BCUT2D eigenvalue weighted by molar-refractivity contribution is 9.10. The number of imidazole rings is 1. The predicted molar refractivity (Wildman–Crippen MR) is 81.8 cm³/mol. The molecule has 0 fully saturated rings. The van der Waals surface area contributed by atoms with E-state index < -0.39 is 5.97 Å². The monoisotopic (exact) mass is 346 g/mol. The van der Waals surface area contributed by atoms with Crippen molar-refractivity contribution >= 4 is 27.4 Å². The fraction of sp³-hybridized carbons (Fsp3) is 0.0667. The van der Waals surface area contributed by atoms with Crippen LogP contribution in [0.1, 0.15) is 10.4 Å². The first-order chi connectivity index (χ1) is 10.1. The van der Waals surface area contributed by atoms with Crippen LogP contribution in [0.15, 0.2) is 47.2 Å². The van der Waals surface area contributed by atoms with Crippen molar-refractivity contribution < 1.29 is 14.6 Å². The molecule has 0 aliphatic rings. The maximum absolute atomic E-state index is 11.2. The lowest BCUT2D eigenvalue weighted by atomic mass is 10.2. The molecule has 0 amide bonds. The molecule has 0 saturated carbocycles. The number of aromatic carboxylic acids is 1. The summed E-state index contributed by atoms with van der Waals surface area (Å²) in [6, 6.07) is 10.7. The van der Waals surface area contributed by atoms with Gasteiger partial charge in [-0.3, -0.25) is 4.40 Å². The van der Waals surface area contributed by atoms with E-state index in [2.05, 4.69) is 20.9 Å². The second-order valence-corrected chi connectivity index (χ2v) is 5.16. The van der Waals surface area contributed by atoms with Crippen LogP contribution < -0.4 is 4.74 Å². The van der Waals surface area contributed by atoms with Gasteiger partial charge in [0.15, 0.2) is 0 Å². The zero-order valence-electron chi connectivity index (χ0n) is 11.1. The summed E-state index contributed by atoms with van der Waals surface area (Å²) in [6.45, 7) is 0. The molecule has 0 atom stereocenters. The molecular weight excluding hydrogens is 336 g/mol. The molecule has 5 nitrogen and oxygen atoms in total. The maximum Gasteiger partial charge on any atom is 0.337 e. The number of pyridine rings is 1.